The fourth-order valence-corrected chi connectivity index (χ4v) is 2.72. The van der Waals surface area contributed by atoms with Crippen LogP contribution in [0.25, 0.3) is 5.69 Å². The zero-order chi connectivity index (χ0) is 18.7. The summed E-state index contributed by atoms with van der Waals surface area (Å²) >= 11 is 0. The van der Waals surface area contributed by atoms with E-state index in [1.165, 1.54) is 30.6 Å². The van der Waals surface area contributed by atoms with E-state index in [4.69, 9.17) is 0 Å². The third-order valence-electron chi connectivity index (χ3n) is 3.92. The number of nitro groups is 1. The Bertz CT molecular complexity index is 997. The summed E-state index contributed by atoms with van der Waals surface area (Å²) in [5.41, 5.74) is 5.28. The lowest BCUT2D eigenvalue weighted by atomic mass is 10.2. The van der Waals surface area contributed by atoms with Crippen LogP contribution in [0.2, 0.25) is 0 Å². The summed E-state index contributed by atoms with van der Waals surface area (Å²) in [6.07, 6.45) is 2.97. The van der Waals surface area contributed by atoms with Crippen molar-refractivity contribution in [3.8, 4) is 5.69 Å². The van der Waals surface area contributed by atoms with Crippen molar-refractivity contribution in [1.29, 1.82) is 0 Å². The SMILES string of the molecule is Cc1cc(/C=N\Nc2ncccc2[N+](=O)[O-])c(C)n1-c1ccccc1F. The lowest BCUT2D eigenvalue weighted by Crippen LogP contribution is -2.02. The van der Waals surface area contributed by atoms with Crippen LogP contribution in [0.1, 0.15) is 17.0 Å². The first-order valence-electron chi connectivity index (χ1n) is 7.81. The lowest BCUT2D eigenvalue weighted by Gasteiger charge is -2.10. The first-order chi connectivity index (χ1) is 12.5. The van der Waals surface area contributed by atoms with Crippen LogP contribution in [0, 0.1) is 29.8 Å². The number of halogens is 1. The number of hydrazone groups is 1. The van der Waals surface area contributed by atoms with Crippen LogP contribution < -0.4 is 5.43 Å². The maximum absolute atomic E-state index is 14.1. The molecular formula is C18H16FN5O2. The van der Waals surface area contributed by atoms with Gasteiger partial charge in [-0.25, -0.2) is 9.37 Å². The summed E-state index contributed by atoms with van der Waals surface area (Å²) in [7, 11) is 0. The number of nitrogens with one attached hydrogen (secondary N) is 1. The molecule has 3 aromatic rings. The molecule has 0 saturated carbocycles. The molecule has 0 unspecified atom stereocenters. The molecule has 0 bridgehead atoms. The number of hydrogen-bond acceptors (Lipinski definition) is 5. The van der Waals surface area contributed by atoms with Crippen molar-refractivity contribution in [2.45, 2.75) is 13.8 Å². The molecular weight excluding hydrogens is 337 g/mol. The summed E-state index contributed by atoms with van der Waals surface area (Å²) in [6, 6.07) is 11.2. The van der Waals surface area contributed by atoms with Gasteiger partial charge in [-0.2, -0.15) is 5.10 Å². The van der Waals surface area contributed by atoms with Crippen molar-refractivity contribution >= 4 is 17.7 Å². The normalized spacial score (nSPS) is 11.0. The van der Waals surface area contributed by atoms with E-state index in [1.54, 1.807) is 22.8 Å². The summed E-state index contributed by atoms with van der Waals surface area (Å²) in [6.45, 7) is 3.72. The van der Waals surface area contributed by atoms with Gasteiger partial charge < -0.3 is 4.57 Å². The molecule has 2 heterocycles. The second kappa shape index (κ2) is 7.14. The highest BCUT2D eigenvalue weighted by Gasteiger charge is 2.14. The van der Waals surface area contributed by atoms with Gasteiger partial charge in [0.2, 0.25) is 5.82 Å². The van der Waals surface area contributed by atoms with Crippen LogP contribution in [0.15, 0.2) is 53.8 Å². The maximum Gasteiger partial charge on any atom is 0.313 e. The molecule has 0 atom stereocenters. The summed E-state index contributed by atoms with van der Waals surface area (Å²) in [5.74, 6) is -0.267. The second-order valence-electron chi connectivity index (χ2n) is 5.61. The van der Waals surface area contributed by atoms with E-state index in [2.05, 4.69) is 15.5 Å². The first kappa shape index (κ1) is 17.3. The molecule has 1 N–H and O–H groups in total. The second-order valence-corrected chi connectivity index (χ2v) is 5.61. The average molecular weight is 353 g/mol. The van der Waals surface area contributed by atoms with Crippen molar-refractivity contribution in [2.24, 2.45) is 5.10 Å². The highest BCUT2D eigenvalue weighted by atomic mass is 19.1. The Morgan fingerprint density at radius 2 is 2.04 bits per heavy atom. The maximum atomic E-state index is 14.1. The molecule has 0 aliphatic carbocycles. The number of benzene rings is 1. The van der Waals surface area contributed by atoms with E-state index in [9.17, 15) is 14.5 Å². The van der Waals surface area contributed by atoms with Gasteiger partial charge in [0.1, 0.15) is 5.82 Å². The number of aryl methyl sites for hydroxylation is 1. The topological polar surface area (TPSA) is 85.3 Å². The molecule has 1 aromatic carbocycles. The number of aromatic nitrogens is 2. The molecule has 0 aliphatic heterocycles. The van der Waals surface area contributed by atoms with E-state index >= 15 is 0 Å². The van der Waals surface area contributed by atoms with Gasteiger partial charge in [-0.1, -0.05) is 12.1 Å². The Balaban J connectivity index is 1.88. The fraction of sp³-hybridized carbons (Fsp3) is 0.111. The van der Waals surface area contributed by atoms with Crippen LogP contribution in [-0.2, 0) is 0 Å². The summed E-state index contributed by atoms with van der Waals surface area (Å²) < 4.78 is 15.9. The predicted molar refractivity (Wildman–Crippen MR) is 97.3 cm³/mol. The third-order valence-corrected chi connectivity index (χ3v) is 3.92. The standard InChI is InChI=1S/C18H16FN5O2/c1-12-10-14(13(2)23(12)16-7-4-3-6-15(16)19)11-21-22-18-17(24(25)26)8-5-9-20-18/h3-11H,1-2H3,(H,20,22)/b21-11-. The molecule has 0 aliphatic rings. The molecule has 0 radical (unpaired) electrons. The molecule has 7 nitrogen and oxygen atoms in total. The minimum atomic E-state index is -0.533. The van der Waals surface area contributed by atoms with E-state index in [0.29, 0.717) is 5.69 Å². The minimum Gasteiger partial charge on any atom is -0.315 e. The number of rotatable bonds is 5. The Labute approximate surface area is 149 Å². The molecule has 0 fully saturated rings. The van der Waals surface area contributed by atoms with E-state index < -0.39 is 4.92 Å². The van der Waals surface area contributed by atoms with E-state index in [-0.39, 0.29) is 17.3 Å². The summed E-state index contributed by atoms with van der Waals surface area (Å²) in [5, 5.41) is 15.0. The fourth-order valence-electron chi connectivity index (χ4n) is 2.72. The highest BCUT2D eigenvalue weighted by molar-refractivity contribution is 5.83. The van der Waals surface area contributed by atoms with Crippen LogP contribution in [-0.4, -0.2) is 20.7 Å². The Kier molecular flexibility index (Phi) is 4.74. The largest absolute Gasteiger partial charge is 0.315 e. The third kappa shape index (κ3) is 3.30. The van der Waals surface area contributed by atoms with Crippen LogP contribution in [0.3, 0.4) is 0 Å². The number of anilines is 1. The quantitative estimate of drug-likeness (QED) is 0.427. The molecule has 0 saturated heterocycles. The van der Waals surface area contributed by atoms with Crippen LogP contribution in [0.4, 0.5) is 15.9 Å². The zero-order valence-corrected chi connectivity index (χ0v) is 14.2. The molecule has 8 heteroatoms. The van der Waals surface area contributed by atoms with Crippen molar-refractivity contribution < 1.29 is 9.31 Å². The van der Waals surface area contributed by atoms with E-state index in [1.807, 2.05) is 19.9 Å². The van der Waals surface area contributed by atoms with Gasteiger partial charge in [0, 0.05) is 29.2 Å². The van der Waals surface area contributed by atoms with Gasteiger partial charge >= 0.3 is 5.69 Å². The van der Waals surface area contributed by atoms with Crippen LogP contribution >= 0.6 is 0 Å². The van der Waals surface area contributed by atoms with Gasteiger partial charge in [-0.15, -0.1) is 0 Å². The number of para-hydroxylation sites is 1. The van der Waals surface area contributed by atoms with E-state index in [0.717, 1.165) is 17.0 Å². The van der Waals surface area contributed by atoms with Crippen molar-refractivity contribution in [3.05, 3.63) is 81.5 Å². The first-order valence-corrected chi connectivity index (χ1v) is 7.81. The molecule has 0 amide bonds. The molecule has 2 aromatic heterocycles. The van der Waals surface area contributed by atoms with Gasteiger partial charge in [-0.3, -0.25) is 15.5 Å². The van der Waals surface area contributed by atoms with Crippen LogP contribution in [0.5, 0.6) is 0 Å². The molecule has 26 heavy (non-hydrogen) atoms. The van der Waals surface area contributed by atoms with Gasteiger partial charge in [0.05, 0.1) is 16.8 Å². The van der Waals surface area contributed by atoms with Gasteiger partial charge in [-0.05, 0) is 38.1 Å². The van der Waals surface area contributed by atoms with Crippen molar-refractivity contribution in [3.63, 3.8) is 0 Å². The molecule has 3 rings (SSSR count). The average Bonchev–Trinajstić information content (AvgIpc) is 2.90. The smallest absolute Gasteiger partial charge is 0.313 e. The monoisotopic (exact) mass is 353 g/mol. The number of pyridine rings is 1. The Morgan fingerprint density at radius 1 is 1.27 bits per heavy atom. The molecule has 132 valence electrons. The zero-order valence-electron chi connectivity index (χ0n) is 14.2. The predicted octanol–water partition coefficient (Wildman–Crippen LogP) is 3.98. The number of nitrogens with zero attached hydrogens (tertiary/aromatic N) is 4. The number of hydrogen-bond donors (Lipinski definition) is 1. The minimum absolute atomic E-state index is 0.0525. The highest BCUT2D eigenvalue weighted by Crippen LogP contribution is 2.23. The molecule has 0 spiro atoms. The van der Waals surface area contributed by atoms with Gasteiger partial charge in [0.25, 0.3) is 0 Å². The lowest BCUT2D eigenvalue weighted by molar-refractivity contribution is -0.384. The van der Waals surface area contributed by atoms with Crippen molar-refractivity contribution in [1.82, 2.24) is 9.55 Å². The van der Waals surface area contributed by atoms with Crippen molar-refractivity contribution in [2.75, 3.05) is 5.43 Å². The Morgan fingerprint density at radius 3 is 2.77 bits per heavy atom. The summed E-state index contributed by atoms with van der Waals surface area (Å²) in [4.78, 5) is 14.4. The Hall–Kier alpha value is -3.55. The van der Waals surface area contributed by atoms with Gasteiger partial charge in [0.15, 0.2) is 0 Å².